The monoisotopic (exact) mass is 1040 g/mol. The maximum absolute atomic E-state index is 9.18. The minimum atomic E-state index is 0.482. The summed E-state index contributed by atoms with van der Waals surface area (Å²) >= 11 is 0. The van der Waals surface area contributed by atoms with E-state index >= 15 is 0 Å². The van der Waals surface area contributed by atoms with Gasteiger partial charge in [-0.3, -0.25) is 0 Å². The highest BCUT2D eigenvalue weighted by Gasteiger charge is 2.28. The Morgan fingerprint density at radius 2 is 0.561 bits per heavy atom. The van der Waals surface area contributed by atoms with Crippen molar-refractivity contribution in [1.82, 2.24) is 24.1 Å². The molecule has 0 spiro atoms. The smallest absolute Gasteiger partial charge is 0.197 e. The van der Waals surface area contributed by atoms with E-state index in [1.54, 1.807) is 0 Å². The molecule has 15 aromatic rings. The summed E-state index contributed by atoms with van der Waals surface area (Å²) < 4.78 is 4.75. The topological polar surface area (TPSA) is 52.9 Å². The van der Waals surface area contributed by atoms with Crippen molar-refractivity contribution >= 4 is 49.3 Å². The molecule has 0 radical (unpaired) electrons. The molecule has 6 heteroatoms. The lowest BCUT2D eigenvalue weighted by molar-refractivity contribution is 1.07. The van der Waals surface area contributed by atoms with Crippen LogP contribution in [0.2, 0.25) is 0 Å². The molecule has 12 aromatic carbocycles. The van der Waals surface area contributed by atoms with E-state index < -0.39 is 0 Å². The fourth-order valence-corrected chi connectivity index (χ4v) is 12.0. The van der Waals surface area contributed by atoms with Crippen molar-refractivity contribution in [3.63, 3.8) is 0 Å². The molecule has 0 bridgehead atoms. The Kier molecular flexibility index (Phi) is 11.8. The molecule has 82 heavy (non-hydrogen) atoms. The Balaban J connectivity index is 1.07. The summed E-state index contributed by atoms with van der Waals surface area (Å²) in [6.45, 7) is 9.18. The van der Waals surface area contributed by atoms with Crippen molar-refractivity contribution in [2.45, 2.75) is 0 Å². The number of hydrogen-bond acceptors (Lipinski definition) is 3. The maximum atomic E-state index is 9.18. The number of benzene rings is 12. The van der Waals surface area contributed by atoms with Gasteiger partial charge in [-0.1, -0.05) is 231 Å². The Labute approximate surface area is 474 Å². The zero-order chi connectivity index (χ0) is 54.5. The Morgan fingerprint density at radius 1 is 0.256 bits per heavy atom. The van der Waals surface area contributed by atoms with Gasteiger partial charge in [0.05, 0.1) is 34.3 Å². The average Bonchev–Trinajstić information content (AvgIpc) is 3.55. The molecule has 0 saturated carbocycles. The zero-order valence-electron chi connectivity index (χ0n) is 44.4. The quantitative estimate of drug-likeness (QED) is 0.128. The molecule has 0 saturated heterocycles. The van der Waals surface area contributed by atoms with Crippen molar-refractivity contribution in [2.24, 2.45) is 0 Å². The van der Waals surface area contributed by atoms with Gasteiger partial charge in [0.15, 0.2) is 23.2 Å². The first-order valence-electron chi connectivity index (χ1n) is 27.5. The van der Waals surface area contributed by atoms with Crippen LogP contribution in [0.3, 0.4) is 0 Å². The van der Waals surface area contributed by atoms with Gasteiger partial charge in [0, 0.05) is 55.0 Å². The van der Waals surface area contributed by atoms with E-state index in [0.717, 1.165) is 127 Å². The normalized spacial score (nSPS) is 11.4. The van der Waals surface area contributed by atoms with Gasteiger partial charge in [0.1, 0.15) is 0 Å². The first-order chi connectivity index (χ1) is 40.6. The number of rotatable bonds is 10. The van der Waals surface area contributed by atoms with Crippen LogP contribution in [0.5, 0.6) is 0 Å². The number of aromatic nitrogens is 5. The zero-order valence-corrected chi connectivity index (χ0v) is 44.4. The summed E-state index contributed by atoms with van der Waals surface area (Å²) in [6.07, 6.45) is 0. The second kappa shape index (κ2) is 20.2. The molecule has 6 nitrogen and oxygen atoms in total. The van der Waals surface area contributed by atoms with E-state index in [1.807, 2.05) is 72.8 Å². The van der Waals surface area contributed by atoms with E-state index in [0.29, 0.717) is 23.2 Å². The summed E-state index contributed by atoms with van der Waals surface area (Å²) in [5, 5.41) is 4.41. The van der Waals surface area contributed by atoms with Crippen LogP contribution in [0.25, 0.3) is 150 Å². The number of hydrogen-bond donors (Lipinski definition) is 0. The van der Waals surface area contributed by atoms with Crippen LogP contribution in [0.1, 0.15) is 0 Å². The van der Waals surface area contributed by atoms with Crippen LogP contribution < -0.4 is 0 Å². The van der Waals surface area contributed by atoms with Gasteiger partial charge >= 0.3 is 0 Å². The minimum Gasteiger partial charge on any atom is -0.310 e. The molecule has 3 heterocycles. The van der Waals surface area contributed by atoms with Gasteiger partial charge < -0.3 is 9.13 Å². The Bertz CT molecular complexity index is 4700. The number of fused-ring (bicyclic) bond motifs is 6. The third kappa shape index (κ3) is 8.32. The van der Waals surface area contributed by atoms with Crippen LogP contribution in [0, 0.1) is 6.57 Å². The van der Waals surface area contributed by atoms with Gasteiger partial charge in [0.2, 0.25) is 0 Å². The summed E-state index contributed by atoms with van der Waals surface area (Å²) in [5.41, 5.74) is 19.3. The molecular formula is C76H48N6. The average molecular weight is 1050 g/mol. The van der Waals surface area contributed by atoms with E-state index in [1.165, 1.54) is 0 Å². The summed E-state index contributed by atoms with van der Waals surface area (Å²) in [4.78, 5) is 20.5. The molecule has 0 atom stereocenters. The fourth-order valence-electron chi connectivity index (χ4n) is 12.0. The van der Waals surface area contributed by atoms with E-state index in [9.17, 15) is 6.57 Å². The lowest BCUT2D eigenvalue weighted by Crippen LogP contribution is -2.06. The lowest BCUT2D eigenvalue weighted by Gasteiger charge is -2.22. The largest absolute Gasteiger partial charge is 0.310 e. The van der Waals surface area contributed by atoms with Gasteiger partial charge in [-0.15, -0.1) is 0 Å². The molecule has 15 rings (SSSR count). The van der Waals surface area contributed by atoms with Gasteiger partial charge in [0.25, 0.3) is 0 Å². The Morgan fingerprint density at radius 3 is 0.902 bits per heavy atom. The van der Waals surface area contributed by atoms with E-state index in [4.69, 9.17) is 15.0 Å². The Hall–Kier alpha value is -11.3. The highest BCUT2D eigenvalue weighted by molar-refractivity contribution is 6.15. The molecule has 0 aliphatic rings. The number of nitrogens with zero attached hydrogens (tertiary/aromatic N) is 6. The van der Waals surface area contributed by atoms with Crippen molar-refractivity contribution in [3.05, 3.63) is 303 Å². The predicted molar refractivity (Wildman–Crippen MR) is 338 cm³/mol. The molecule has 0 aliphatic heterocycles. The van der Waals surface area contributed by atoms with Gasteiger partial charge in [-0.05, 0) is 105 Å². The molecule has 0 aliphatic carbocycles. The minimum absolute atomic E-state index is 0.482. The SMILES string of the molecule is [C-]#[N+]c1cccc(-n2c3ccc(-c4ccccc4)cc3c3cc(-c4ccccc4)ccc32)c1-c1c(-c2nc(-c3ccccc3)nc(-c3ccccc3)n2)cccc1-n1c2ccc(-c3ccccc3)cc2c2cc(-c3ccccc3)ccc21. The summed E-state index contributed by atoms with van der Waals surface area (Å²) in [5.74, 6) is 1.57. The third-order valence-electron chi connectivity index (χ3n) is 15.8. The van der Waals surface area contributed by atoms with E-state index in [2.05, 4.69) is 232 Å². The molecule has 0 fully saturated rings. The molecule has 382 valence electrons. The van der Waals surface area contributed by atoms with E-state index in [-0.39, 0.29) is 0 Å². The van der Waals surface area contributed by atoms with Crippen molar-refractivity contribution in [1.29, 1.82) is 0 Å². The molecular weight excluding hydrogens is 997 g/mol. The molecule has 3 aromatic heterocycles. The van der Waals surface area contributed by atoms with Crippen molar-refractivity contribution < 1.29 is 0 Å². The van der Waals surface area contributed by atoms with Crippen LogP contribution in [-0.2, 0) is 0 Å². The molecule has 0 amide bonds. The lowest BCUT2D eigenvalue weighted by atomic mass is 9.93. The molecule has 0 unspecified atom stereocenters. The highest BCUT2D eigenvalue weighted by atomic mass is 15.0. The predicted octanol–water partition coefficient (Wildman–Crippen LogP) is 20.0. The van der Waals surface area contributed by atoms with Crippen molar-refractivity contribution in [3.8, 4) is 101 Å². The van der Waals surface area contributed by atoms with Crippen LogP contribution in [0.15, 0.2) is 291 Å². The third-order valence-corrected chi connectivity index (χ3v) is 15.8. The maximum Gasteiger partial charge on any atom is 0.197 e. The fraction of sp³-hybridized carbons (Fsp3) is 0. The highest BCUT2D eigenvalue weighted by Crippen LogP contribution is 2.49. The van der Waals surface area contributed by atoms with Crippen LogP contribution >= 0.6 is 0 Å². The van der Waals surface area contributed by atoms with Gasteiger partial charge in [-0.25, -0.2) is 19.8 Å². The second-order valence-electron chi connectivity index (χ2n) is 20.6. The van der Waals surface area contributed by atoms with Crippen LogP contribution in [-0.4, -0.2) is 24.1 Å². The summed E-state index contributed by atoms with van der Waals surface area (Å²) in [7, 11) is 0. The van der Waals surface area contributed by atoms with Crippen LogP contribution in [0.4, 0.5) is 5.69 Å². The first kappa shape index (κ1) is 47.9. The second-order valence-corrected chi connectivity index (χ2v) is 20.6. The summed E-state index contributed by atoms with van der Waals surface area (Å²) in [6, 6.07) is 102. The standard InChI is InChI=1S/C76H48N6/c1-77-65-35-21-37-71(82-68-44-40-58(52-26-12-4-13-27-52)48-63(68)64-49-59(41-45-69(64)82)53-28-14-5-15-29-53)73(65)72-60(76-79-74(54-30-16-6-17-31-54)78-75(80-76)55-32-18-7-19-33-55)34-20-36-70(72)81-66-42-38-56(50-22-8-2-9-23-50)46-61(66)62-47-57(39-43-67(62)81)51-24-10-3-11-25-51/h2-49H. The first-order valence-corrected chi connectivity index (χ1v) is 27.5. The van der Waals surface area contributed by atoms with Crippen molar-refractivity contribution in [2.75, 3.05) is 0 Å². The van der Waals surface area contributed by atoms with Gasteiger partial charge in [-0.2, -0.15) is 0 Å². The molecule has 0 N–H and O–H groups in total.